The fraction of sp³-hybridized carbons (Fsp3) is 0.900. The van der Waals surface area contributed by atoms with Crippen LogP contribution in [0.1, 0.15) is 106 Å². The number of carboxylic acid groups (broad SMARTS) is 1. The third-order valence-corrected chi connectivity index (χ3v) is 13.2. The Morgan fingerprint density at radius 2 is 1.50 bits per heavy atom. The van der Waals surface area contributed by atoms with E-state index in [2.05, 4.69) is 48.1 Å². The van der Waals surface area contributed by atoms with Gasteiger partial charge in [-0.3, -0.25) is 4.79 Å². The standard InChI is InChI=1S/C30H48O2/c1-18(2)20-11-16-30(26(31)32)17-12-22-21(25(20)30)8-9-24-28(22,6)15-13-23-27(4,5)19(3)10-14-29(23,24)7/h19-25H,1,8-17H2,2-7H3,(H,31,32)/t19-,20?,21?,22?,23?,24?,25?,28-,29-,30-/m0/s1. The molecular formula is C30H48O2. The zero-order chi connectivity index (χ0) is 23.3. The third kappa shape index (κ3) is 2.73. The summed E-state index contributed by atoms with van der Waals surface area (Å²) < 4.78 is 0. The first-order valence-electron chi connectivity index (χ1n) is 13.8. The molecule has 0 aliphatic heterocycles. The predicted molar refractivity (Wildman–Crippen MR) is 131 cm³/mol. The molecule has 0 saturated heterocycles. The van der Waals surface area contributed by atoms with Gasteiger partial charge in [-0.1, -0.05) is 46.8 Å². The second-order valence-corrected chi connectivity index (χ2v) is 14.3. The van der Waals surface area contributed by atoms with Gasteiger partial charge in [-0.05, 0) is 129 Å². The van der Waals surface area contributed by atoms with Gasteiger partial charge in [0.25, 0.3) is 0 Å². The molecule has 5 rings (SSSR count). The fourth-order valence-corrected chi connectivity index (χ4v) is 11.4. The topological polar surface area (TPSA) is 37.3 Å². The van der Waals surface area contributed by atoms with Crippen molar-refractivity contribution in [3.05, 3.63) is 12.2 Å². The van der Waals surface area contributed by atoms with E-state index in [-0.39, 0.29) is 0 Å². The van der Waals surface area contributed by atoms with Crippen molar-refractivity contribution in [3.63, 3.8) is 0 Å². The Kier molecular flexibility index (Phi) is 5.10. The van der Waals surface area contributed by atoms with E-state index in [1.54, 1.807) is 0 Å². The average Bonchev–Trinajstić information content (AvgIpc) is 3.12. The van der Waals surface area contributed by atoms with E-state index in [0.717, 1.165) is 43.4 Å². The zero-order valence-corrected chi connectivity index (χ0v) is 21.7. The number of fused-ring (bicyclic) bond motifs is 7. The minimum absolute atomic E-state index is 0.322. The average molecular weight is 441 g/mol. The summed E-state index contributed by atoms with van der Waals surface area (Å²) in [5.41, 5.74) is 2.05. The number of allylic oxidation sites excluding steroid dienone is 1. The molecule has 0 heterocycles. The van der Waals surface area contributed by atoms with Crippen molar-refractivity contribution in [2.24, 2.45) is 63.1 Å². The summed E-state index contributed by atoms with van der Waals surface area (Å²) >= 11 is 0. The second-order valence-electron chi connectivity index (χ2n) is 14.3. The number of hydrogen-bond donors (Lipinski definition) is 1. The maximum absolute atomic E-state index is 12.7. The van der Waals surface area contributed by atoms with Crippen LogP contribution >= 0.6 is 0 Å². The summed E-state index contributed by atoms with van der Waals surface area (Å²) in [4.78, 5) is 12.7. The highest BCUT2D eigenvalue weighted by Crippen LogP contribution is 2.74. The molecule has 0 bridgehead atoms. The van der Waals surface area contributed by atoms with Gasteiger partial charge in [0, 0.05) is 0 Å². The Labute approximate surface area is 197 Å². The largest absolute Gasteiger partial charge is 0.481 e. The van der Waals surface area contributed by atoms with Crippen LogP contribution in [-0.4, -0.2) is 11.1 Å². The van der Waals surface area contributed by atoms with Gasteiger partial charge < -0.3 is 5.11 Å². The minimum atomic E-state index is -0.504. The van der Waals surface area contributed by atoms with E-state index in [1.165, 1.54) is 44.1 Å². The van der Waals surface area contributed by atoms with E-state index in [0.29, 0.717) is 39.9 Å². The van der Waals surface area contributed by atoms with E-state index < -0.39 is 11.4 Å². The van der Waals surface area contributed by atoms with Gasteiger partial charge in [0.15, 0.2) is 0 Å². The molecule has 1 N–H and O–H groups in total. The quantitative estimate of drug-likeness (QED) is 0.442. The van der Waals surface area contributed by atoms with Gasteiger partial charge >= 0.3 is 5.97 Å². The van der Waals surface area contributed by atoms with E-state index in [4.69, 9.17) is 0 Å². The molecule has 0 radical (unpaired) electrons. The molecule has 6 unspecified atom stereocenters. The van der Waals surface area contributed by atoms with E-state index in [9.17, 15) is 9.90 Å². The lowest BCUT2D eigenvalue weighted by Crippen LogP contribution is -2.62. The third-order valence-electron chi connectivity index (χ3n) is 13.2. The van der Waals surface area contributed by atoms with Crippen LogP contribution in [0.2, 0.25) is 0 Å². The summed E-state index contributed by atoms with van der Waals surface area (Å²) in [6, 6.07) is 0. The van der Waals surface area contributed by atoms with Crippen molar-refractivity contribution >= 4 is 5.97 Å². The smallest absolute Gasteiger partial charge is 0.309 e. The second kappa shape index (κ2) is 7.11. The first kappa shape index (κ1) is 23.0. The molecule has 0 aromatic rings. The van der Waals surface area contributed by atoms with Crippen LogP contribution in [-0.2, 0) is 4.79 Å². The number of aliphatic carboxylic acids is 1. The highest BCUT2D eigenvalue weighted by molar-refractivity contribution is 5.76. The van der Waals surface area contributed by atoms with Crippen LogP contribution in [0.4, 0.5) is 0 Å². The molecule has 2 nitrogen and oxygen atoms in total. The van der Waals surface area contributed by atoms with Crippen LogP contribution in [0, 0.1) is 63.1 Å². The van der Waals surface area contributed by atoms with Crippen LogP contribution in [0.3, 0.4) is 0 Å². The number of rotatable bonds is 2. The molecule has 10 atom stereocenters. The van der Waals surface area contributed by atoms with Crippen LogP contribution < -0.4 is 0 Å². The first-order valence-corrected chi connectivity index (χ1v) is 13.8. The summed E-state index contributed by atoms with van der Waals surface area (Å²) in [5, 5.41) is 10.4. The van der Waals surface area contributed by atoms with Crippen LogP contribution in [0.15, 0.2) is 12.2 Å². The minimum Gasteiger partial charge on any atom is -0.481 e. The molecule has 2 heteroatoms. The molecule has 0 amide bonds. The molecule has 0 spiro atoms. The van der Waals surface area contributed by atoms with Crippen molar-refractivity contribution < 1.29 is 9.90 Å². The molecule has 5 aliphatic carbocycles. The van der Waals surface area contributed by atoms with Gasteiger partial charge in [0.05, 0.1) is 5.41 Å². The zero-order valence-electron chi connectivity index (χ0n) is 21.7. The Balaban J connectivity index is 1.52. The molecule has 180 valence electrons. The lowest BCUT2D eigenvalue weighted by Gasteiger charge is -2.69. The Morgan fingerprint density at radius 1 is 0.844 bits per heavy atom. The maximum Gasteiger partial charge on any atom is 0.309 e. The van der Waals surface area contributed by atoms with Gasteiger partial charge in [-0.15, -0.1) is 0 Å². The van der Waals surface area contributed by atoms with Gasteiger partial charge in [-0.2, -0.15) is 0 Å². The number of carboxylic acids is 1. The van der Waals surface area contributed by atoms with E-state index >= 15 is 0 Å². The molecule has 32 heavy (non-hydrogen) atoms. The number of hydrogen-bond acceptors (Lipinski definition) is 1. The van der Waals surface area contributed by atoms with Gasteiger partial charge in [0.1, 0.15) is 0 Å². The highest BCUT2D eigenvalue weighted by Gasteiger charge is 2.68. The molecule has 0 aromatic heterocycles. The first-order chi connectivity index (χ1) is 14.9. The van der Waals surface area contributed by atoms with Crippen molar-refractivity contribution in [3.8, 4) is 0 Å². The van der Waals surface area contributed by atoms with E-state index in [1.807, 2.05) is 0 Å². The summed E-state index contributed by atoms with van der Waals surface area (Å²) in [7, 11) is 0. The van der Waals surface area contributed by atoms with Gasteiger partial charge in [0.2, 0.25) is 0 Å². The van der Waals surface area contributed by atoms with Crippen molar-refractivity contribution in [2.45, 2.75) is 106 Å². The van der Waals surface area contributed by atoms with Gasteiger partial charge in [-0.25, -0.2) is 0 Å². The monoisotopic (exact) mass is 440 g/mol. The Morgan fingerprint density at radius 3 is 2.16 bits per heavy atom. The molecule has 5 aliphatic rings. The highest BCUT2D eigenvalue weighted by atomic mass is 16.4. The molecule has 0 aromatic carbocycles. The molecular weight excluding hydrogens is 392 g/mol. The summed E-state index contributed by atoms with van der Waals surface area (Å²) in [6.07, 6.45) is 12.1. The molecule has 5 fully saturated rings. The van der Waals surface area contributed by atoms with Crippen molar-refractivity contribution in [1.29, 1.82) is 0 Å². The summed E-state index contributed by atoms with van der Waals surface area (Å²) in [5.74, 6) is 3.99. The van der Waals surface area contributed by atoms with Crippen LogP contribution in [0.5, 0.6) is 0 Å². The van der Waals surface area contributed by atoms with Crippen molar-refractivity contribution in [1.82, 2.24) is 0 Å². The lowest BCUT2D eigenvalue weighted by molar-refractivity contribution is -0.209. The normalized spacial score (nSPS) is 54.0. The fourth-order valence-electron chi connectivity index (χ4n) is 11.4. The Hall–Kier alpha value is -0.790. The molecule has 5 saturated carbocycles. The summed E-state index contributed by atoms with van der Waals surface area (Å²) in [6.45, 7) is 19.5. The maximum atomic E-state index is 12.7. The van der Waals surface area contributed by atoms with Crippen molar-refractivity contribution in [2.75, 3.05) is 0 Å². The van der Waals surface area contributed by atoms with Crippen LogP contribution in [0.25, 0.3) is 0 Å². The predicted octanol–water partition coefficient (Wildman–Crippen LogP) is 7.97. The SMILES string of the molecule is C=C(C)C1CC[C@]2(C(=O)O)CCC3C(CCC4[C@@]3(C)CCC3C(C)(C)[C@@H](C)CC[C@@]34C)C12. The lowest BCUT2D eigenvalue weighted by atomic mass is 9.35. The number of carbonyl (C=O) groups is 1. The Bertz CT molecular complexity index is 812.